The van der Waals surface area contributed by atoms with Crippen LogP contribution in [0.5, 0.6) is 0 Å². The van der Waals surface area contributed by atoms with Crippen LogP contribution in [0.1, 0.15) is 5.56 Å². The van der Waals surface area contributed by atoms with Crippen LogP contribution in [-0.2, 0) is 0 Å². The number of para-hydroxylation sites is 3. The van der Waals surface area contributed by atoms with Gasteiger partial charge in [-0.15, -0.1) is 11.3 Å². The van der Waals surface area contributed by atoms with Gasteiger partial charge < -0.3 is 9.13 Å². The van der Waals surface area contributed by atoms with E-state index in [2.05, 4.69) is 192 Å². The zero-order chi connectivity index (χ0) is 34.3. The molecule has 0 fully saturated rings. The number of fused-ring (bicyclic) bond motifs is 9. The Morgan fingerprint density at radius 1 is 0.365 bits per heavy atom. The van der Waals surface area contributed by atoms with Gasteiger partial charge in [-0.3, -0.25) is 0 Å². The van der Waals surface area contributed by atoms with E-state index in [9.17, 15) is 0 Å². The van der Waals surface area contributed by atoms with Crippen LogP contribution in [0.25, 0.3) is 97.4 Å². The molecule has 3 heterocycles. The first-order chi connectivity index (χ1) is 25.7. The Morgan fingerprint density at radius 3 is 1.62 bits per heavy atom. The normalized spacial score (nSPS) is 11.9. The van der Waals surface area contributed by atoms with Gasteiger partial charge in [-0.1, -0.05) is 109 Å². The van der Waals surface area contributed by atoms with Crippen molar-refractivity contribution in [3.05, 3.63) is 181 Å². The lowest BCUT2D eigenvalue weighted by Gasteiger charge is -2.14. The number of hydrogen-bond acceptors (Lipinski definition) is 1. The van der Waals surface area contributed by atoms with Crippen molar-refractivity contribution in [3.8, 4) is 33.6 Å². The topological polar surface area (TPSA) is 9.86 Å². The van der Waals surface area contributed by atoms with Gasteiger partial charge in [-0.2, -0.15) is 0 Å². The molecule has 0 saturated heterocycles. The molecule has 0 atom stereocenters. The van der Waals surface area contributed by atoms with Gasteiger partial charge in [0.1, 0.15) is 0 Å². The molecule has 11 aromatic rings. The maximum atomic E-state index is 2.46. The van der Waals surface area contributed by atoms with Crippen molar-refractivity contribution < 1.29 is 0 Å². The van der Waals surface area contributed by atoms with E-state index in [1.165, 1.54) is 103 Å². The van der Waals surface area contributed by atoms with E-state index in [0.29, 0.717) is 0 Å². The van der Waals surface area contributed by atoms with Crippen LogP contribution >= 0.6 is 11.3 Å². The quantitative estimate of drug-likeness (QED) is 0.175. The van der Waals surface area contributed by atoms with Gasteiger partial charge in [-0.25, -0.2) is 0 Å². The van der Waals surface area contributed by atoms with Gasteiger partial charge >= 0.3 is 0 Å². The highest BCUT2D eigenvalue weighted by molar-refractivity contribution is 7.25. The zero-order valence-corrected chi connectivity index (χ0v) is 29.4. The smallest absolute Gasteiger partial charge is 0.0541 e. The molecule has 8 aromatic carbocycles. The lowest BCUT2D eigenvalue weighted by molar-refractivity contribution is 1.17. The molecule has 0 spiro atoms. The average Bonchev–Trinajstić information content (AvgIpc) is 3.85. The Bertz CT molecular complexity index is 3190. The Hall–Kier alpha value is -6.42. The Kier molecular flexibility index (Phi) is 6.37. The van der Waals surface area contributed by atoms with Crippen LogP contribution in [0.15, 0.2) is 176 Å². The molecular weight excluding hydrogens is 649 g/mol. The van der Waals surface area contributed by atoms with Gasteiger partial charge in [0.25, 0.3) is 0 Å². The standard InChI is InChI=1S/C49H32N2S/c1-31-18-23-35(24-19-31)50-44-15-7-3-11-37(44)40-28-32(20-25-46(40)50)33-21-26-47-41(29-33)38-12-4-8-16-45(38)51(47)43-14-6-2-10-36(43)34-22-27-49-42(30-34)39-13-5-9-17-48(39)52-49/h2-30H,1H3. The van der Waals surface area contributed by atoms with Crippen LogP contribution in [0.2, 0.25) is 0 Å². The minimum absolute atomic E-state index is 1.18. The lowest BCUT2D eigenvalue weighted by atomic mass is 10.00. The monoisotopic (exact) mass is 680 g/mol. The highest BCUT2D eigenvalue weighted by Gasteiger charge is 2.18. The number of aromatic nitrogens is 2. The van der Waals surface area contributed by atoms with Gasteiger partial charge in [0.15, 0.2) is 0 Å². The third kappa shape index (κ3) is 4.36. The summed E-state index contributed by atoms with van der Waals surface area (Å²) in [6.45, 7) is 2.14. The maximum Gasteiger partial charge on any atom is 0.0541 e. The largest absolute Gasteiger partial charge is 0.309 e. The Labute approximate surface area is 305 Å². The molecule has 0 radical (unpaired) electrons. The first-order valence-electron chi connectivity index (χ1n) is 17.8. The fourth-order valence-electron chi connectivity index (χ4n) is 8.34. The van der Waals surface area contributed by atoms with Crippen molar-refractivity contribution in [2.45, 2.75) is 6.92 Å². The summed E-state index contributed by atoms with van der Waals surface area (Å²) in [7, 11) is 0. The van der Waals surface area contributed by atoms with E-state index in [1.807, 2.05) is 11.3 Å². The van der Waals surface area contributed by atoms with Gasteiger partial charge in [0, 0.05) is 53.0 Å². The molecule has 0 saturated carbocycles. The molecule has 0 amide bonds. The molecular formula is C49H32N2S. The Morgan fingerprint density at radius 2 is 0.885 bits per heavy atom. The maximum absolute atomic E-state index is 2.46. The average molecular weight is 681 g/mol. The van der Waals surface area contributed by atoms with E-state index >= 15 is 0 Å². The zero-order valence-electron chi connectivity index (χ0n) is 28.5. The minimum Gasteiger partial charge on any atom is -0.309 e. The number of nitrogens with zero attached hydrogens (tertiary/aromatic N) is 2. The Balaban J connectivity index is 1.09. The molecule has 52 heavy (non-hydrogen) atoms. The summed E-state index contributed by atoms with van der Waals surface area (Å²) in [5, 5.41) is 7.68. The summed E-state index contributed by atoms with van der Waals surface area (Å²) in [6, 6.07) is 64.9. The number of thiophene rings is 1. The SMILES string of the molecule is Cc1ccc(-n2c3ccccc3c3cc(-c4ccc5c(c4)c4ccccc4n5-c4ccccc4-c4ccc5sc6ccccc6c5c4)ccc32)cc1. The lowest BCUT2D eigenvalue weighted by Crippen LogP contribution is -1.97. The summed E-state index contributed by atoms with van der Waals surface area (Å²) in [5.41, 5.74) is 13.4. The second-order valence-electron chi connectivity index (χ2n) is 13.8. The first kappa shape index (κ1) is 29.3. The first-order valence-corrected chi connectivity index (χ1v) is 18.7. The molecule has 0 N–H and O–H groups in total. The van der Waals surface area contributed by atoms with Crippen molar-refractivity contribution in [1.82, 2.24) is 9.13 Å². The van der Waals surface area contributed by atoms with E-state index in [0.717, 1.165) is 0 Å². The van der Waals surface area contributed by atoms with Crippen LogP contribution < -0.4 is 0 Å². The summed E-state index contributed by atoms with van der Waals surface area (Å²) in [5.74, 6) is 0. The van der Waals surface area contributed by atoms with Crippen molar-refractivity contribution in [1.29, 1.82) is 0 Å². The number of benzene rings is 8. The highest BCUT2D eigenvalue weighted by Crippen LogP contribution is 2.41. The van der Waals surface area contributed by atoms with Crippen LogP contribution in [-0.4, -0.2) is 9.13 Å². The minimum atomic E-state index is 1.18. The van der Waals surface area contributed by atoms with E-state index in [-0.39, 0.29) is 0 Å². The third-order valence-corrected chi connectivity index (χ3v) is 12.0. The fraction of sp³-hybridized carbons (Fsp3) is 0.0204. The van der Waals surface area contributed by atoms with Crippen molar-refractivity contribution in [3.63, 3.8) is 0 Å². The molecule has 11 rings (SSSR count). The fourth-order valence-corrected chi connectivity index (χ4v) is 9.43. The summed E-state index contributed by atoms with van der Waals surface area (Å²) < 4.78 is 7.50. The molecule has 244 valence electrons. The molecule has 0 bridgehead atoms. The predicted molar refractivity (Wildman–Crippen MR) is 224 cm³/mol. The van der Waals surface area contributed by atoms with Crippen molar-refractivity contribution in [2.75, 3.05) is 0 Å². The molecule has 0 aliphatic carbocycles. The van der Waals surface area contributed by atoms with E-state index in [1.54, 1.807) is 0 Å². The summed E-state index contributed by atoms with van der Waals surface area (Å²) in [6.07, 6.45) is 0. The predicted octanol–water partition coefficient (Wildman–Crippen LogP) is 13.9. The third-order valence-electron chi connectivity index (χ3n) is 10.8. The number of rotatable bonds is 4. The molecule has 0 unspecified atom stereocenters. The molecule has 2 nitrogen and oxygen atoms in total. The summed E-state index contributed by atoms with van der Waals surface area (Å²) >= 11 is 1.87. The summed E-state index contributed by atoms with van der Waals surface area (Å²) in [4.78, 5) is 0. The van der Waals surface area contributed by atoms with Gasteiger partial charge in [0.05, 0.1) is 27.8 Å². The molecule has 0 aliphatic heterocycles. The van der Waals surface area contributed by atoms with Crippen molar-refractivity contribution in [2.24, 2.45) is 0 Å². The molecule has 3 aromatic heterocycles. The van der Waals surface area contributed by atoms with E-state index in [4.69, 9.17) is 0 Å². The number of hydrogen-bond donors (Lipinski definition) is 0. The van der Waals surface area contributed by atoms with Gasteiger partial charge in [-0.05, 0) is 96.4 Å². The second-order valence-corrected chi connectivity index (χ2v) is 14.9. The molecule has 3 heteroatoms. The van der Waals surface area contributed by atoms with Crippen LogP contribution in [0, 0.1) is 6.92 Å². The molecule has 0 aliphatic rings. The highest BCUT2D eigenvalue weighted by atomic mass is 32.1. The van der Waals surface area contributed by atoms with Crippen LogP contribution in [0.4, 0.5) is 0 Å². The van der Waals surface area contributed by atoms with E-state index < -0.39 is 0 Å². The van der Waals surface area contributed by atoms with Crippen LogP contribution in [0.3, 0.4) is 0 Å². The van der Waals surface area contributed by atoms with Gasteiger partial charge in [0.2, 0.25) is 0 Å². The number of aryl methyl sites for hydroxylation is 1. The second kappa shape index (κ2) is 11.3. The van der Waals surface area contributed by atoms with Crippen molar-refractivity contribution >= 4 is 75.1 Å².